The number of nitrogens with one attached hydrogen (secondary N) is 2. The van der Waals surface area contributed by atoms with Crippen LogP contribution in [0.2, 0.25) is 0 Å². The normalized spacial score (nSPS) is 30.3. The first-order chi connectivity index (χ1) is 9.99. The number of hydrogen-bond donors (Lipinski definition) is 2. The van der Waals surface area contributed by atoms with Gasteiger partial charge in [0, 0.05) is 30.4 Å². The first-order valence-electron chi connectivity index (χ1n) is 8.48. The fourth-order valence-electron chi connectivity index (χ4n) is 3.52. The molecule has 0 aromatic carbocycles. The molecule has 3 heteroatoms. The maximum Gasteiger partial charge on any atom is 0.122 e. The predicted molar refractivity (Wildman–Crippen MR) is 90.6 cm³/mol. The van der Waals surface area contributed by atoms with Crippen molar-refractivity contribution in [1.82, 2.24) is 10.2 Å². The lowest BCUT2D eigenvalue weighted by molar-refractivity contribution is 0.258. The second-order valence-corrected chi connectivity index (χ2v) is 6.92. The van der Waals surface area contributed by atoms with Crippen LogP contribution in [-0.2, 0) is 0 Å². The minimum atomic E-state index is 0.485. The largest absolute Gasteiger partial charge is 0.382 e. The third kappa shape index (κ3) is 4.12. The summed E-state index contributed by atoms with van der Waals surface area (Å²) in [6.45, 7) is 11.7. The van der Waals surface area contributed by atoms with Crippen LogP contribution in [0.15, 0.2) is 23.9 Å². The van der Waals surface area contributed by atoms with Gasteiger partial charge in [0.05, 0.1) is 0 Å². The molecule has 0 spiro atoms. The zero-order valence-electron chi connectivity index (χ0n) is 13.9. The molecule has 3 atom stereocenters. The molecular weight excluding hydrogens is 258 g/mol. The summed E-state index contributed by atoms with van der Waals surface area (Å²) in [7, 11) is 0. The average Bonchev–Trinajstić information content (AvgIpc) is 2.83. The van der Waals surface area contributed by atoms with E-state index in [1.807, 2.05) is 13.0 Å². The Morgan fingerprint density at radius 1 is 1.19 bits per heavy atom. The summed E-state index contributed by atoms with van der Waals surface area (Å²) in [4.78, 5) is 2.23. The Kier molecular flexibility index (Phi) is 5.49. The van der Waals surface area contributed by atoms with Crippen molar-refractivity contribution >= 4 is 5.84 Å². The molecule has 0 bridgehead atoms. The number of likely N-dealkylation sites (tertiary alicyclic amines) is 1. The molecule has 2 N–H and O–H groups in total. The molecule has 2 fully saturated rings. The molecule has 2 aliphatic rings. The predicted octanol–water partition coefficient (Wildman–Crippen LogP) is 4.08. The Labute approximate surface area is 130 Å². The molecule has 118 valence electrons. The number of hydrogen-bond acceptors (Lipinski definition) is 2. The van der Waals surface area contributed by atoms with Gasteiger partial charge in [0.2, 0.25) is 0 Å². The second kappa shape index (κ2) is 7.15. The standard InChI is InChI=1S/C18H31N3/c1-13(2)17(20-16-10-7-8-14(16)3)12-18(19)21-11-6-5-9-15(21)4/h12,14-16,19-20H,1,5-11H2,2-4H3/b17-12-,19-18?. The summed E-state index contributed by atoms with van der Waals surface area (Å²) in [6.07, 6.45) is 9.54. The lowest BCUT2D eigenvalue weighted by Crippen LogP contribution is -2.41. The van der Waals surface area contributed by atoms with Crippen molar-refractivity contribution in [2.45, 2.75) is 71.4 Å². The number of rotatable bonds is 4. The number of piperidine rings is 1. The van der Waals surface area contributed by atoms with Crippen molar-refractivity contribution in [3.63, 3.8) is 0 Å². The van der Waals surface area contributed by atoms with Crippen LogP contribution in [0.3, 0.4) is 0 Å². The lowest BCUT2D eigenvalue weighted by atomic mass is 10.0. The molecule has 3 unspecified atom stereocenters. The van der Waals surface area contributed by atoms with E-state index in [-0.39, 0.29) is 0 Å². The van der Waals surface area contributed by atoms with Crippen LogP contribution in [0, 0.1) is 11.3 Å². The summed E-state index contributed by atoms with van der Waals surface area (Å²) in [6, 6.07) is 1.03. The maximum absolute atomic E-state index is 8.43. The molecule has 1 aliphatic carbocycles. The molecule has 1 aliphatic heterocycles. The van der Waals surface area contributed by atoms with Crippen molar-refractivity contribution in [1.29, 1.82) is 5.41 Å². The summed E-state index contributed by atoms with van der Waals surface area (Å²) >= 11 is 0. The van der Waals surface area contributed by atoms with Gasteiger partial charge in [-0.15, -0.1) is 0 Å². The molecule has 1 saturated heterocycles. The van der Waals surface area contributed by atoms with E-state index in [1.165, 1.54) is 38.5 Å². The zero-order valence-corrected chi connectivity index (χ0v) is 13.9. The molecule has 0 amide bonds. The van der Waals surface area contributed by atoms with Crippen molar-refractivity contribution in [3.05, 3.63) is 23.9 Å². The van der Waals surface area contributed by atoms with Crippen LogP contribution in [0.1, 0.15) is 59.3 Å². The summed E-state index contributed by atoms with van der Waals surface area (Å²) in [5, 5.41) is 12.1. The minimum absolute atomic E-state index is 0.485. The SMILES string of the molecule is C=C(C)/C(=C/C(=N)N1CCCCC1C)NC1CCCC1C. The molecule has 3 nitrogen and oxygen atoms in total. The van der Waals surface area contributed by atoms with E-state index in [0.29, 0.717) is 17.9 Å². The fourth-order valence-corrected chi connectivity index (χ4v) is 3.52. The highest BCUT2D eigenvalue weighted by Crippen LogP contribution is 2.26. The highest BCUT2D eigenvalue weighted by atomic mass is 15.2. The van der Waals surface area contributed by atoms with Crippen LogP contribution in [0.4, 0.5) is 0 Å². The summed E-state index contributed by atoms with van der Waals surface area (Å²) < 4.78 is 0. The van der Waals surface area contributed by atoms with Gasteiger partial charge in [-0.1, -0.05) is 19.9 Å². The van der Waals surface area contributed by atoms with Gasteiger partial charge in [-0.2, -0.15) is 0 Å². The zero-order chi connectivity index (χ0) is 15.4. The van der Waals surface area contributed by atoms with E-state index in [0.717, 1.165) is 23.7 Å². The number of nitrogens with zero attached hydrogens (tertiary/aromatic N) is 1. The van der Waals surface area contributed by atoms with Gasteiger partial charge < -0.3 is 10.2 Å². The average molecular weight is 289 g/mol. The molecule has 2 rings (SSSR count). The topological polar surface area (TPSA) is 39.1 Å². The van der Waals surface area contributed by atoms with E-state index < -0.39 is 0 Å². The second-order valence-electron chi connectivity index (χ2n) is 6.92. The van der Waals surface area contributed by atoms with Gasteiger partial charge in [0.15, 0.2) is 0 Å². The molecular formula is C18H31N3. The van der Waals surface area contributed by atoms with Crippen LogP contribution in [-0.4, -0.2) is 29.4 Å². The van der Waals surface area contributed by atoms with Crippen molar-refractivity contribution < 1.29 is 0 Å². The third-order valence-corrected chi connectivity index (χ3v) is 5.06. The van der Waals surface area contributed by atoms with E-state index in [2.05, 4.69) is 30.6 Å². The smallest absolute Gasteiger partial charge is 0.122 e. The van der Waals surface area contributed by atoms with Gasteiger partial charge in [-0.25, -0.2) is 0 Å². The molecule has 1 heterocycles. The molecule has 1 saturated carbocycles. The first kappa shape index (κ1) is 16.1. The van der Waals surface area contributed by atoms with Crippen LogP contribution >= 0.6 is 0 Å². The Morgan fingerprint density at radius 3 is 2.52 bits per heavy atom. The molecule has 0 aromatic rings. The van der Waals surface area contributed by atoms with Crippen molar-refractivity contribution in [2.24, 2.45) is 5.92 Å². The molecule has 21 heavy (non-hydrogen) atoms. The van der Waals surface area contributed by atoms with E-state index in [4.69, 9.17) is 5.41 Å². The highest BCUT2D eigenvalue weighted by molar-refractivity contribution is 5.91. The lowest BCUT2D eigenvalue weighted by Gasteiger charge is -2.35. The van der Waals surface area contributed by atoms with E-state index >= 15 is 0 Å². The Bertz CT molecular complexity index is 424. The summed E-state index contributed by atoms with van der Waals surface area (Å²) in [5.41, 5.74) is 2.08. The Balaban J connectivity index is 2.05. The van der Waals surface area contributed by atoms with Gasteiger partial charge in [-0.3, -0.25) is 5.41 Å². The van der Waals surface area contributed by atoms with Crippen LogP contribution in [0.5, 0.6) is 0 Å². The van der Waals surface area contributed by atoms with Crippen LogP contribution < -0.4 is 5.32 Å². The Morgan fingerprint density at radius 2 is 1.95 bits per heavy atom. The fraction of sp³-hybridized carbons (Fsp3) is 0.722. The molecule has 0 radical (unpaired) electrons. The highest BCUT2D eigenvalue weighted by Gasteiger charge is 2.24. The van der Waals surface area contributed by atoms with Gasteiger partial charge in [-0.05, 0) is 57.4 Å². The van der Waals surface area contributed by atoms with E-state index in [9.17, 15) is 0 Å². The van der Waals surface area contributed by atoms with Crippen molar-refractivity contribution in [3.8, 4) is 0 Å². The molecule has 0 aromatic heterocycles. The van der Waals surface area contributed by atoms with Crippen LogP contribution in [0.25, 0.3) is 0 Å². The number of amidine groups is 1. The van der Waals surface area contributed by atoms with Gasteiger partial charge in [0.1, 0.15) is 5.84 Å². The Hall–Kier alpha value is -1.25. The monoisotopic (exact) mass is 289 g/mol. The number of allylic oxidation sites excluding steroid dienone is 1. The first-order valence-corrected chi connectivity index (χ1v) is 8.48. The third-order valence-electron chi connectivity index (χ3n) is 5.06. The quantitative estimate of drug-likeness (QED) is 0.465. The maximum atomic E-state index is 8.43. The summed E-state index contributed by atoms with van der Waals surface area (Å²) in [5.74, 6) is 1.36. The van der Waals surface area contributed by atoms with Gasteiger partial charge >= 0.3 is 0 Å². The van der Waals surface area contributed by atoms with E-state index in [1.54, 1.807) is 0 Å². The minimum Gasteiger partial charge on any atom is -0.382 e. The van der Waals surface area contributed by atoms with Crippen molar-refractivity contribution in [2.75, 3.05) is 6.54 Å². The van der Waals surface area contributed by atoms with Gasteiger partial charge in [0.25, 0.3) is 0 Å².